The normalized spacial score (nSPS) is 10.9. The molecule has 0 radical (unpaired) electrons. The maximum atomic E-state index is 13.9. The van der Waals surface area contributed by atoms with E-state index in [9.17, 15) is 14.0 Å². The Morgan fingerprint density at radius 1 is 0.943 bits per heavy atom. The molecule has 2 aromatic carbocycles. The van der Waals surface area contributed by atoms with Gasteiger partial charge in [-0.1, -0.05) is 30.3 Å². The smallest absolute Gasteiger partial charge is 0.270 e. The fourth-order valence-electron chi connectivity index (χ4n) is 3.60. The standard InChI is InChI=1S/C26H19FN4O4/c27-19-8-3-1-7-17(19)23-15-28-25(35-23)12-11-24(32)30-31-26(33)18-14-21(22-10-5-13-34-22)29-20-9-4-2-6-16(18)20/h1-10,13-15H,11-12H2,(H,30,32)(H,31,33). The van der Waals surface area contributed by atoms with Crippen molar-refractivity contribution in [3.8, 4) is 22.8 Å². The highest BCUT2D eigenvalue weighted by Gasteiger charge is 2.16. The van der Waals surface area contributed by atoms with Gasteiger partial charge in [0.05, 0.1) is 29.1 Å². The number of aromatic nitrogens is 2. The summed E-state index contributed by atoms with van der Waals surface area (Å²) in [5.74, 6) is -0.267. The van der Waals surface area contributed by atoms with Gasteiger partial charge in [0.1, 0.15) is 11.5 Å². The summed E-state index contributed by atoms with van der Waals surface area (Å²) in [4.78, 5) is 33.9. The molecule has 0 bridgehead atoms. The third-order valence-corrected chi connectivity index (χ3v) is 5.31. The van der Waals surface area contributed by atoms with Crippen molar-refractivity contribution in [2.75, 3.05) is 0 Å². The Kier molecular flexibility index (Phi) is 6.04. The molecule has 8 nitrogen and oxygen atoms in total. The van der Waals surface area contributed by atoms with Crippen molar-refractivity contribution in [3.63, 3.8) is 0 Å². The van der Waals surface area contributed by atoms with Crippen LogP contribution in [0.3, 0.4) is 0 Å². The van der Waals surface area contributed by atoms with Crippen LogP contribution in [0.1, 0.15) is 22.7 Å². The van der Waals surface area contributed by atoms with E-state index in [2.05, 4.69) is 20.8 Å². The third-order valence-electron chi connectivity index (χ3n) is 5.31. The first-order valence-electron chi connectivity index (χ1n) is 10.8. The van der Waals surface area contributed by atoms with E-state index in [1.165, 1.54) is 18.5 Å². The van der Waals surface area contributed by atoms with E-state index in [1.54, 1.807) is 54.6 Å². The van der Waals surface area contributed by atoms with Gasteiger partial charge < -0.3 is 8.83 Å². The number of aryl methyl sites for hydroxylation is 1. The van der Waals surface area contributed by atoms with Gasteiger partial charge in [0.2, 0.25) is 5.91 Å². The van der Waals surface area contributed by atoms with Crippen LogP contribution in [0, 0.1) is 5.82 Å². The van der Waals surface area contributed by atoms with E-state index >= 15 is 0 Å². The van der Waals surface area contributed by atoms with Gasteiger partial charge >= 0.3 is 0 Å². The molecule has 5 aromatic rings. The minimum absolute atomic E-state index is 0.00619. The van der Waals surface area contributed by atoms with E-state index in [1.807, 2.05) is 6.07 Å². The molecule has 174 valence electrons. The lowest BCUT2D eigenvalue weighted by Gasteiger charge is -2.10. The summed E-state index contributed by atoms with van der Waals surface area (Å²) in [6, 6.07) is 18.5. The molecule has 0 saturated carbocycles. The topological polar surface area (TPSA) is 110 Å². The molecule has 0 unspecified atom stereocenters. The number of amides is 2. The van der Waals surface area contributed by atoms with Crippen LogP contribution in [-0.2, 0) is 11.2 Å². The second-order valence-electron chi connectivity index (χ2n) is 7.65. The largest absolute Gasteiger partial charge is 0.463 e. The zero-order chi connectivity index (χ0) is 24.2. The molecule has 0 aliphatic heterocycles. The number of fused-ring (bicyclic) bond motifs is 1. The average molecular weight is 470 g/mol. The summed E-state index contributed by atoms with van der Waals surface area (Å²) in [5.41, 5.74) is 6.59. The maximum absolute atomic E-state index is 13.9. The molecule has 0 aliphatic carbocycles. The number of oxazole rings is 1. The lowest BCUT2D eigenvalue weighted by Crippen LogP contribution is -2.41. The number of benzene rings is 2. The number of hydrogen-bond donors (Lipinski definition) is 2. The quantitative estimate of drug-likeness (QED) is 0.349. The van der Waals surface area contributed by atoms with Gasteiger partial charge in [-0.05, 0) is 36.4 Å². The molecular formula is C26H19FN4O4. The van der Waals surface area contributed by atoms with Gasteiger partial charge in [-0.15, -0.1) is 0 Å². The zero-order valence-electron chi connectivity index (χ0n) is 18.3. The summed E-state index contributed by atoms with van der Waals surface area (Å²) in [6.45, 7) is 0. The van der Waals surface area contributed by atoms with Crippen molar-refractivity contribution < 1.29 is 22.8 Å². The second kappa shape index (κ2) is 9.60. The number of halogens is 1. The fourth-order valence-corrected chi connectivity index (χ4v) is 3.60. The van der Waals surface area contributed by atoms with E-state index in [0.29, 0.717) is 33.5 Å². The molecule has 35 heavy (non-hydrogen) atoms. The number of nitrogens with one attached hydrogen (secondary N) is 2. The minimum Gasteiger partial charge on any atom is -0.463 e. The van der Waals surface area contributed by atoms with Crippen molar-refractivity contribution in [1.82, 2.24) is 20.8 Å². The predicted octanol–water partition coefficient (Wildman–Crippen LogP) is 4.68. The highest BCUT2D eigenvalue weighted by Crippen LogP contribution is 2.25. The SMILES string of the molecule is O=C(CCc1ncc(-c2ccccc2F)o1)NNC(=O)c1cc(-c2ccco2)nc2ccccc12. The number of carbonyl (C=O) groups excluding carboxylic acids is 2. The van der Waals surface area contributed by atoms with Gasteiger partial charge in [-0.3, -0.25) is 20.4 Å². The summed E-state index contributed by atoms with van der Waals surface area (Å²) < 4.78 is 24.9. The fraction of sp³-hybridized carbons (Fsp3) is 0.0769. The Labute approximate surface area is 198 Å². The lowest BCUT2D eigenvalue weighted by molar-refractivity contribution is -0.121. The van der Waals surface area contributed by atoms with Crippen LogP contribution in [0.25, 0.3) is 33.7 Å². The highest BCUT2D eigenvalue weighted by molar-refractivity contribution is 6.07. The predicted molar refractivity (Wildman–Crippen MR) is 125 cm³/mol. The van der Waals surface area contributed by atoms with Crippen molar-refractivity contribution >= 4 is 22.7 Å². The van der Waals surface area contributed by atoms with Gasteiger partial charge in [0, 0.05) is 18.2 Å². The molecule has 3 aromatic heterocycles. The van der Waals surface area contributed by atoms with Crippen LogP contribution in [0.4, 0.5) is 4.39 Å². The number of para-hydroxylation sites is 1. The Bertz CT molecular complexity index is 1510. The molecule has 0 aliphatic rings. The van der Waals surface area contributed by atoms with Crippen LogP contribution in [-0.4, -0.2) is 21.8 Å². The van der Waals surface area contributed by atoms with Crippen LogP contribution in [0.15, 0.2) is 88.0 Å². The summed E-state index contributed by atoms with van der Waals surface area (Å²) in [7, 11) is 0. The number of nitrogens with zero attached hydrogens (tertiary/aromatic N) is 2. The van der Waals surface area contributed by atoms with Crippen LogP contribution < -0.4 is 10.9 Å². The highest BCUT2D eigenvalue weighted by atomic mass is 19.1. The van der Waals surface area contributed by atoms with Crippen molar-refractivity contribution in [1.29, 1.82) is 0 Å². The van der Waals surface area contributed by atoms with Gasteiger partial charge in [0.15, 0.2) is 17.4 Å². The summed E-state index contributed by atoms with van der Waals surface area (Å²) in [5, 5.41) is 0.634. The minimum atomic E-state index is -0.497. The number of hydrogen-bond acceptors (Lipinski definition) is 6. The molecule has 2 amide bonds. The van der Waals surface area contributed by atoms with Crippen LogP contribution in [0.5, 0.6) is 0 Å². The Hall–Kier alpha value is -4.79. The van der Waals surface area contributed by atoms with Crippen molar-refractivity contribution in [2.45, 2.75) is 12.8 Å². The maximum Gasteiger partial charge on any atom is 0.270 e. The molecule has 0 fully saturated rings. The molecule has 0 spiro atoms. The third kappa shape index (κ3) is 4.79. The van der Waals surface area contributed by atoms with Crippen LogP contribution in [0.2, 0.25) is 0 Å². The number of carbonyl (C=O) groups is 2. The molecular weight excluding hydrogens is 451 g/mol. The average Bonchev–Trinajstić information content (AvgIpc) is 3.58. The first kappa shape index (κ1) is 22.0. The van der Waals surface area contributed by atoms with Crippen LogP contribution >= 0.6 is 0 Å². The molecule has 3 heterocycles. The van der Waals surface area contributed by atoms with E-state index in [4.69, 9.17) is 8.83 Å². The van der Waals surface area contributed by atoms with Crippen molar-refractivity contribution in [2.24, 2.45) is 0 Å². The van der Waals surface area contributed by atoms with E-state index < -0.39 is 17.6 Å². The first-order chi connectivity index (χ1) is 17.1. The van der Waals surface area contributed by atoms with E-state index in [0.717, 1.165) is 0 Å². The summed E-state index contributed by atoms with van der Waals surface area (Å²) in [6.07, 6.45) is 3.13. The molecule has 2 N–H and O–H groups in total. The lowest BCUT2D eigenvalue weighted by atomic mass is 10.1. The Morgan fingerprint density at radius 3 is 2.60 bits per heavy atom. The van der Waals surface area contributed by atoms with Gasteiger partial charge in [-0.2, -0.15) is 0 Å². The van der Waals surface area contributed by atoms with Gasteiger partial charge in [-0.25, -0.2) is 14.4 Å². The van der Waals surface area contributed by atoms with E-state index in [-0.39, 0.29) is 24.5 Å². The monoisotopic (exact) mass is 470 g/mol. The molecule has 9 heteroatoms. The Morgan fingerprint density at radius 2 is 1.77 bits per heavy atom. The number of hydrazine groups is 1. The number of pyridine rings is 1. The number of furan rings is 1. The second-order valence-corrected chi connectivity index (χ2v) is 7.65. The Balaban J connectivity index is 1.23. The summed E-state index contributed by atoms with van der Waals surface area (Å²) >= 11 is 0. The first-order valence-corrected chi connectivity index (χ1v) is 10.8. The zero-order valence-corrected chi connectivity index (χ0v) is 18.3. The molecule has 0 atom stereocenters. The number of rotatable bonds is 6. The molecule has 0 saturated heterocycles. The van der Waals surface area contributed by atoms with Crippen molar-refractivity contribution in [3.05, 3.63) is 96.5 Å². The van der Waals surface area contributed by atoms with Gasteiger partial charge in [0.25, 0.3) is 5.91 Å². The molecule has 5 rings (SSSR count).